The molecule has 0 unspecified atom stereocenters. The molecule has 0 radical (unpaired) electrons. The van der Waals surface area contributed by atoms with Crippen LogP contribution in [-0.4, -0.2) is 30.8 Å². The number of rotatable bonds is 5. The standard InChI is InChI=1S/C17H25N3O3S/c1-12-7-3-4-8-13(12)18-17(24)20-19-16(21)11-23-15-10-6-5-9-14(15)22-2/h5-6,9-10,12-13H,3-4,7-8,11H2,1-2H3,(H,19,21)(H2,18,20,24)/t12-,13-/m0/s1. The van der Waals surface area contributed by atoms with Crippen LogP contribution in [0, 0.1) is 5.92 Å². The van der Waals surface area contributed by atoms with E-state index in [2.05, 4.69) is 23.1 Å². The van der Waals surface area contributed by atoms with Gasteiger partial charge in [-0.3, -0.25) is 15.6 Å². The highest BCUT2D eigenvalue weighted by molar-refractivity contribution is 7.80. The normalized spacial score (nSPS) is 19.9. The summed E-state index contributed by atoms with van der Waals surface area (Å²) in [5.41, 5.74) is 5.26. The maximum absolute atomic E-state index is 11.9. The largest absolute Gasteiger partial charge is 0.493 e. The highest BCUT2D eigenvalue weighted by Crippen LogP contribution is 2.25. The minimum Gasteiger partial charge on any atom is -0.493 e. The molecule has 0 aliphatic heterocycles. The van der Waals surface area contributed by atoms with Crippen LogP contribution in [0.2, 0.25) is 0 Å². The molecule has 1 aromatic carbocycles. The Morgan fingerprint density at radius 3 is 2.62 bits per heavy atom. The zero-order valence-electron chi connectivity index (χ0n) is 14.1. The molecular formula is C17H25N3O3S. The second-order valence-corrected chi connectivity index (χ2v) is 6.36. The van der Waals surface area contributed by atoms with Crippen molar-refractivity contribution in [2.75, 3.05) is 13.7 Å². The van der Waals surface area contributed by atoms with Crippen molar-refractivity contribution in [3.63, 3.8) is 0 Å². The lowest BCUT2D eigenvalue weighted by molar-refractivity contribution is -0.123. The highest BCUT2D eigenvalue weighted by Gasteiger charge is 2.21. The van der Waals surface area contributed by atoms with Crippen LogP contribution in [0.1, 0.15) is 32.6 Å². The van der Waals surface area contributed by atoms with E-state index in [1.165, 1.54) is 19.3 Å². The van der Waals surface area contributed by atoms with E-state index in [9.17, 15) is 4.79 Å². The third-order valence-electron chi connectivity index (χ3n) is 4.17. The molecule has 0 aromatic heterocycles. The van der Waals surface area contributed by atoms with Gasteiger partial charge in [-0.15, -0.1) is 0 Å². The van der Waals surface area contributed by atoms with Crippen LogP contribution in [0.5, 0.6) is 11.5 Å². The van der Waals surface area contributed by atoms with Gasteiger partial charge in [-0.1, -0.05) is 31.9 Å². The number of hydrazine groups is 1. The van der Waals surface area contributed by atoms with Crippen LogP contribution in [0.3, 0.4) is 0 Å². The SMILES string of the molecule is COc1ccccc1OCC(=O)NNC(=S)N[C@H]1CCCC[C@@H]1C. The lowest BCUT2D eigenvalue weighted by Crippen LogP contribution is -2.52. The molecule has 1 amide bonds. The lowest BCUT2D eigenvalue weighted by atomic mass is 9.86. The molecular weight excluding hydrogens is 326 g/mol. The monoisotopic (exact) mass is 351 g/mol. The summed E-state index contributed by atoms with van der Waals surface area (Å²) in [5.74, 6) is 1.37. The maximum Gasteiger partial charge on any atom is 0.276 e. The molecule has 1 aromatic rings. The first kappa shape index (κ1) is 18.3. The average molecular weight is 351 g/mol. The molecule has 1 aliphatic rings. The average Bonchev–Trinajstić information content (AvgIpc) is 2.60. The molecule has 7 heteroatoms. The Bertz CT molecular complexity index is 568. The molecule has 3 N–H and O–H groups in total. The number of benzene rings is 1. The first-order chi connectivity index (χ1) is 11.6. The Balaban J connectivity index is 1.69. The van der Waals surface area contributed by atoms with Crippen molar-refractivity contribution in [1.29, 1.82) is 0 Å². The van der Waals surface area contributed by atoms with Crippen LogP contribution < -0.4 is 25.6 Å². The zero-order chi connectivity index (χ0) is 17.4. The van der Waals surface area contributed by atoms with Crippen LogP contribution in [0.25, 0.3) is 0 Å². The summed E-state index contributed by atoms with van der Waals surface area (Å²) < 4.78 is 10.6. The molecule has 1 fully saturated rings. The number of carbonyl (C=O) groups is 1. The fraction of sp³-hybridized carbons (Fsp3) is 0.529. The van der Waals surface area contributed by atoms with Gasteiger partial charge in [0.1, 0.15) is 0 Å². The second-order valence-electron chi connectivity index (χ2n) is 5.95. The first-order valence-electron chi connectivity index (χ1n) is 8.21. The topological polar surface area (TPSA) is 71.6 Å². The summed E-state index contributed by atoms with van der Waals surface area (Å²) in [4.78, 5) is 11.9. The number of hydrogen-bond donors (Lipinski definition) is 3. The third kappa shape index (κ3) is 5.56. The number of thiocarbonyl (C=S) groups is 1. The predicted octanol–water partition coefficient (Wildman–Crippen LogP) is 2.15. The van der Waals surface area contributed by atoms with Crippen molar-refractivity contribution in [2.24, 2.45) is 5.92 Å². The van der Waals surface area contributed by atoms with Crippen LogP contribution >= 0.6 is 12.2 Å². The number of hydrogen-bond acceptors (Lipinski definition) is 4. The summed E-state index contributed by atoms with van der Waals surface area (Å²) in [6.07, 6.45) is 4.80. The minimum absolute atomic E-state index is 0.129. The predicted molar refractivity (Wildman–Crippen MR) is 96.9 cm³/mol. The van der Waals surface area contributed by atoms with Crippen LogP contribution in [-0.2, 0) is 4.79 Å². The van der Waals surface area contributed by atoms with E-state index in [4.69, 9.17) is 21.7 Å². The van der Waals surface area contributed by atoms with E-state index < -0.39 is 0 Å². The van der Waals surface area contributed by atoms with Gasteiger partial charge in [0.2, 0.25) is 0 Å². The van der Waals surface area contributed by atoms with Crippen LogP contribution in [0.4, 0.5) is 0 Å². The summed E-state index contributed by atoms with van der Waals surface area (Å²) in [5, 5.41) is 3.69. The highest BCUT2D eigenvalue weighted by atomic mass is 32.1. The number of amides is 1. The quantitative estimate of drug-likeness (QED) is 0.558. The van der Waals surface area contributed by atoms with Gasteiger partial charge in [0, 0.05) is 6.04 Å². The summed E-state index contributed by atoms with van der Waals surface area (Å²) in [6.45, 7) is 2.09. The lowest BCUT2D eigenvalue weighted by Gasteiger charge is -2.30. The van der Waals surface area contributed by atoms with Crippen molar-refractivity contribution in [1.82, 2.24) is 16.2 Å². The summed E-state index contributed by atoms with van der Waals surface area (Å²) in [6, 6.07) is 7.54. The molecule has 6 nitrogen and oxygen atoms in total. The van der Waals surface area contributed by atoms with Gasteiger partial charge in [0.15, 0.2) is 23.2 Å². The molecule has 0 saturated heterocycles. The number of carbonyl (C=O) groups excluding carboxylic acids is 1. The Hall–Kier alpha value is -2.02. The number of para-hydroxylation sites is 2. The van der Waals surface area contributed by atoms with Crippen molar-refractivity contribution in [2.45, 2.75) is 38.6 Å². The van der Waals surface area contributed by atoms with Crippen LogP contribution in [0.15, 0.2) is 24.3 Å². The Labute approximate surface area is 148 Å². The molecule has 2 atom stereocenters. The van der Waals surface area contributed by atoms with Gasteiger partial charge in [-0.2, -0.15) is 0 Å². The van der Waals surface area contributed by atoms with E-state index in [1.54, 1.807) is 19.2 Å². The number of ether oxygens (including phenoxy) is 2. The van der Waals surface area contributed by atoms with E-state index in [1.807, 2.05) is 12.1 Å². The molecule has 24 heavy (non-hydrogen) atoms. The molecule has 0 heterocycles. The van der Waals surface area contributed by atoms with Gasteiger partial charge in [0.05, 0.1) is 7.11 Å². The second kappa shape index (κ2) is 9.32. The Morgan fingerprint density at radius 2 is 1.92 bits per heavy atom. The zero-order valence-corrected chi connectivity index (χ0v) is 14.9. The van der Waals surface area contributed by atoms with Crippen molar-refractivity contribution in [3.05, 3.63) is 24.3 Å². The number of methoxy groups -OCH3 is 1. The molecule has 0 bridgehead atoms. The van der Waals surface area contributed by atoms with Gasteiger partial charge >= 0.3 is 0 Å². The molecule has 1 aliphatic carbocycles. The maximum atomic E-state index is 11.9. The Morgan fingerprint density at radius 1 is 1.21 bits per heavy atom. The van der Waals surface area contributed by atoms with Crippen molar-refractivity contribution >= 4 is 23.2 Å². The van der Waals surface area contributed by atoms with Gasteiger partial charge in [-0.25, -0.2) is 0 Å². The van der Waals surface area contributed by atoms with Crippen molar-refractivity contribution in [3.8, 4) is 11.5 Å². The molecule has 0 spiro atoms. The van der Waals surface area contributed by atoms with Gasteiger partial charge in [-0.05, 0) is 43.1 Å². The minimum atomic E-state index is -0.318. The molecule has 1 saturated carbocycles. The van der Waals surface area contributed by atoms with Gasteiger partial charge < -0.3 is 14.8 Å². The molecule has 132 valence electrons. The van der Waals surface area contributed by atoms with Gasteiger partial charge in [0.25, 0.3) is 5.91 Å². The number of nitrogens with one attached hydrogen (secondary N) is 3. The van der Waals surface area contributed by atoms with E-state index in [-0.39, 0.29) is 12.5 Å². The summed E-state index contributed by atoms with van der Waals surface area (Å²) >= 11 is 5.23. The van der Waals surface area contributed by atoms with E-state index in [0.717, 1.165) is 6.42 Å². The Kier molecular flexibility index (Phi) is 7.11. The third-order valence-corrected chi connectivity index (χ3v) is 4.39. The van der Waals surface area contributed by atoms with E-state index in [0.29, 0.717) is 28.6 Å². The van der Waals surface area contributed by atoms with E-state index >= 15 is 0 Å². The fourth-order valence-electron chi connectivity index (χ4n) is 2.78. The smallest absolute Gasteiger partial charge is 0.276 e. The summed E-state index contributed by atoms with van der Waals surface area (Å²) in [7, 11) is 1.56. The van der Waals surface area contributed by atoms with Crippen molar-refractivity contribution < 1.29 is 14.3 Å². The molecule has 2 rings (SSSR count). The fourth-order valence-corrected chi connectivity index (χ4v) is 2.98. The first-order valence-corrected chi connectivity index (χ1v) is 8.62.